The van der Waals surface area contributed by atoms with Crippen molar-refractivity contribution in [2.75, 3.05) is 40.5 Å². The van der Waals surface area contributed by atoms with E-state index in [0.29, 0.717) is 12.8 Å². The third kappa shape index (κ3) is 4.88. The van der Waals surface area contributed by atoms with Gasteiger partial charge < -0.3 is 14.4 Å². The molecule has 0 aromatic heterocycles. The second kappa shape index (κ2) is 9.65. The largest absolute Gasteiger partial charge is 0.454 e. The van der Waals surface area contributed by atoms with Crippen LogP contribution >= 0.6 is 24.8 Å². The van der Waals surface area contributed by atoms with E-state index in [9.17, 15) is 0 Å². The topological polar surface area (TPSA) is 24.9 Å². The van der Waals surface area contributed by atoms with Crippen molar-refractivity contribution in [1.29, 1.82) is 0 Å². The Morgan fingerprint density at radius 3 is 2.52 bits per heavy atom. The predicted octanol–water partition coefficient (Wildman–Crippen LogP) is 3.96. The van der Waals surface area contributed by atoms with Crippen molar-refractivity contribution in [3.05, 3.63) is 59.2 Å². The van der Waals surface area contributed by atoms with Crippen LogP contribution in [0, 0.1) is 0 Å². The molecule has 1 unspecified atom stereocenters. The van der Waals surface area contributed by atoms with E-state index in [0.717, 1.165) is 44.0 Å². The van der Waals surface area contributed by atoms with Gasteiger partial charge in [0.2, 0.25) is 6.79 Å². The molecule has 0 radical (unpaired) electrons. The Kier molecular flexibility index (Phi) is 7.80. The van der Waals surface area contributed by atoms with E-state index >= 15 is 0 Å². The van der Waals surface area contributed by atoms with Crippen LogP contribution in [0.1, 0.15) is 22.7 Å². The van der Waals surface area contributed by atoms with E-state index in [4.69, 9.17) is 9.47 Å². The van der Waals surface area contributed by atoms with Gasteiger partial charge in [0, 0.05) is 25.7 Å². The van der Waals surface area contributed by atoms with Gasteiger partial charge in [-0.3, -0.25) is 4.90 Å². The minimum absolute atomic E-state index is 0. The van der Waals surface area contributed by atoms with E-state index in [2.05, 4.69) is 66.4 Å². The number of likely N-dealkylation sites (N-methyl/N-ethyl adjacent to an activating group) is 2. The number of benzene rings is 2. The molecule has 2 aliphatic heterocycles. The van der Waals surface area contributed by atoms with Gasteiger partial charge >= 0.3 is 0 Å². The summed E-state index contributed by atoms with van der Waals surface area (Å²) in [7, 11) is 4.45. The van der Waals surface area contributed by atoms with Crippen LogP contribution < -0.4 is 9.47 Å². The van der Waals surface area contributed by atoms with Gasteiger partial charge in [-0.25, -0.2) is 0 Å². The Morgan fingerprint density at radius 1 is 1.07 bits per heavy atom. The highest BCUT2D eigenvalue weighted by molar-refractivity contribution is 5.85. The summed E-state index contributed by atoms with van der Waals surface area (Å²) in [6.45, 7) is 3.52. The molecular formula is C21H28Cl2N2O2. The average molecular weight is 411 g/mol. The third-order valence-corrected chi connectivity index (χ3v) is 5.37. The minimum Gasteiger partial charge on any atom is -0.454 e. The standard InChI is InChI=1S/C21H26N2O2.2ClH/c1-22(10-8-16-6-4-3-5-7-16)14-19-18-13-21-20(24-15-25-21)12-17(18)9-11-23(19)2;;/h3-7,12-13,19H,8-11,14-15H2,1-2H3;2*1H. The first-order valence-electron chi connectivity index (χ1n) is 9.06. The highest BCUT2D eigenvalue weighted by Crippen LogP contribution is 2.40. The van der Waals surface area contributed by atoms with Crippen molar-refractivity contribution in [1.82, 2.24) is 9.80 Å². The lowest BCUT2D eigenvalue weighted by molar-refractivity contribution is 0.171. The molecule has 0 saturated heterocycles. The molecule has 1 atom stereocenters. The Bertz CT molecular complexity index is 742. The smallest absolute Gasteiger partial charge is 0.231 e. The zero-order chi connectivity index (χ0) is 17.2. The first-order valence-corrected chi connectivity index (χ1v) is 9.06. The Morgan fingerprint density at radius 2 is 1.78 bits per heavy atom. The molecule has 0 spiro atoms. The molecule has 2 aliphatic rings. The van der Waals surface area contributed by atoms with Crippen LogP contribution in [0.4, 0.5) is 0 Å². The number of ether oxygens (including phenoxy) is 2. The molecule has 0 N–H and O–H groups in total. The molecule has 6 heteroatoms. The zero-order valence-corrected chi connectivity index (χ0v) is 17.5. The fourth-order valence-electron chi connectivity index (χ4n) is 3.81. The Balaban J connectivity index is 0.00000131. The van der Waals surface area contributed by atoms with Crippen molar-refractivity contribution in [2.45, 2.75) is 18.9 Å². The van der Waals surface area contributed by atoms with Gasteiger partial charge in [-0.05, 0) is 55.8 Å². The lowest BCUT2D eigenvalue weighted by atomic mass is 9.92. The van der Waals surface area contributed by atoms with Gasteiger partial charge in [-0.1, -0.05) is 30.3 Å². The SMILES string of the molecule is CN(CCc1ccccc1)CC1c2cc3c(cc2CCN1C)OCO3.Cl.Cl. The third-order valence-electron chi connectivity index (χ3n) is 5.37. The molecular weight excluding hydrogens is 383 g/mol. The summed E-state index contributed by atoms with van der Waals surface area (Å²) >= 11 is 0. The van der Waals surface area contributed by atoms with Crippen molar-refractivity contribution < 1.29 is 9.47 Å². The van der Waals surface area contributed by atoms with E-state index in [1.54, 1.807) is 0 Å². The number of hydrogen-bond donors (Lipinski definition) is 0. The zero-order valence-electron chi connectivity index (χ0n) is 15.9. The van der Waals surface area contributed by atoms with Crippen molar-refractivity contribution >= 4 is 24.8 Å². The fourth-order valence-corrected chi connectivity index (χ4v) is 3.81. The first kappa shape index (κ1) is 21.8. The molecule has 2 aromatic carbocycles. The predicted molar refractivity (Wildman–Crippen MR) is 114 cm³/mol. The maximum atomic E-state index is 5.60. The normalized spacial score (nSPS) is 17.8. The number of hydrogen-bond acceptors (Lipinski definition) is 4. The van der Waals surface area contributed by atoms with E-state index < -0.39 is 0 Å². The highest BCUT2D eigenvalue weighted by atomic mass is 35.5. The summed E-state index contributed by atoms with van der Waals surface area (Å²) < 4.78 is 11.2. The number of halogens is 2. The molecule has 0 amide bonds. The second-order valence-corrected chi connectivity index (χ2v) is 7.15. The van der Waals surface area contributed by atoms with Gasteiger partial charge in [0.05, 0.1) is 0 Å². The number of rotatable bonds is 5. The summed E-state index contributed by atoms with van der Waals surface area (Å²) in [5.74, 6) is 1.80. The second-order valence-electron chi connectivity index (χ2n) is 7.15. The summed E-state index contributed by atoms with van der Waals surface area (Å²) in [4.78, 5) is 4.90. The number of fused-ring (bicyclic) bond motifs is 2. The quantitative estimate of drug-likeness (QED) is 0.744. The molecule has 0 bridgehead atoms. The molecule has 148 valence electrons. The van der Waals surface area contributed by atoms with Crippen LogP contribution in [0.2, 0.25) is 0 Å². The van der Waals surface area contributed by atoms with Crippen molar-refractivity contribution in [3.8, 4) is 11.5 Å². The molecule has 0 aliphatic carbocycles. The summed E-state index contributed by atoms with van der Waals surface area (Å²) in [6, 6.07) is 15.5. The van der Waals surface area contributed by atoms with Crippen LogP contribution in [-0.2, 0) is 12.8 Å². The van der Waals surface area contributed by atoms with Crippen LogP contribution in [0.3, 0.4) is 0 Å². The van der Waals surface area contributed by atoms with Gasteiger partial charge in [-0.2, -0.15) is 0 Å². The van der Waals surface area contributed by atoms with Crippen molar-refractivity contribution in [2.24, 2.45) is 0 Å². The Hall–Kier alpha value is -1.46. The summed E-state index contributed by atoms with van der Waals surface area (Å²) in [6.07, 6.45) is 2.16. The van der Waals surface area contributed by atoms with E-state index in [1.165, 1.54) is 16.7 Å². The molecule has 0 fully saturated rings. The van der Waals surface area contributed by atoms with Gasteiger partial charge in [-0.15, -0.1) is 24.8 Å². The van der Waals surface area contributed by atoms with Gasteiger partial charge in [0.15, 0.2) is 11.5 Å². The molecule has 2 aromatic rings. The average Bonchev–Trinajstić information content (AvgIpc) is 3.09. The van der Waals surface area contributed by atoms with Crippen LogP contribution in [0.5, 0.6) is 11.5 Å². The van der Waals surface area contributed by atoms with Crippen LogP contribution in [-0.4, -0.2) is 50.3 Å². The number of nitrogens with zero attached hydrogens (tertiary/aromatic N) is 2. The first-order chi connectivity index (χ1) is 12.2. The molecule has 2 heterocycles. The Labute approximate surface area is 174 Å². The summed E-state index contributed by atoms with van der Waals surface area (Å²) in [5.41, 5.74) is 4.20. The highest BCUT2D eigenvalue weighted by Gasteiger charge is 2.29. The lowest BCUT2D eigenvalue weighted by Crippen LogP contribution is -2.39. The van der Waals surface area contributed by atoms with Gasteiger partial charge in [0.25, 0.3) is 0 Å². The van der Waals surface area contributed by atoms with E-state index in [1.807, 2.05) is 0 Å². The minimum atomic E-state index is 0. The molecule has 4 rings (SSSR count). The fraction of sp³-hybridized carbons (Fsp3) is 0.429. The monoisotopic (exact) mass is 410 g/mol. The van der Waals surface area contributed by atoms with Crippen LogP contribution in [0.15, 0.2) is 42.5 Å². The van der Waals surface area contributed by atoms with Gasteiger partial charge in [0.1, 0.15) is 0 Å². The maximum Gasteiger partial charge on any atom is 0.231 e. The van der Waals surface area contributed by atoms with E-state index in [-0.39, 0.29) is 24.8 Å². The van der Waals surface area contributed by atoms with Crippen molar-refractivity contribution in [3.63, 3.8) is 0 Å². The molecule has 0 saturated carbocycles. The molecule has 4 nitrogen and oxygen atoms in total. The summed E-state index contributed by atoms with van der Waals surface area (Å²) in [5, 5.41) is 0. The van der Waals surface area contributed by atoms with Crippen LogP contribution in [0.25, 0.3) is 0 Å². The maximum absolute atomic E-state index is 5.60. The molecule has 27 heavy (non-hydrogen) atoms. The lowest BCUT2D eigenvalue weighted by Gasteiger charge is -2.37.